The molecule has 0 spiro atoms. The molecule has 0 unspecified atom stereocenters. The third-order valence-corrected chi connectivity index (χ3v) is 0. The van der Waals surface area contributed by atoms with Crippen LogP contribution in [0.4, 0.5) is 0 Å². The molecule has 0 bridgehead atoms. The molecule has 0 saturated carbocycles. The zero-order valence-corrected chi connectivity index (χ0v) is 10.2. The van der Waals surface area contributed by atoms with Crippen LogP contribution in [0.1, 0.15) is 0 Å². The fourth-order valence-corrected chi connectivity index (χ4v) is 0. The number of rotatable bonds is 0. The Labute approximate surface area is 58.5 Å². The van der Waals surface area contributed by atoms with Crippen LogP contribution < -0.4 is 0 Å². The van der Waals surface area contributed by atoms with Crippen molar-refractivity contribution in [3.05, 3.63) is 0 Å². The summed E-state index contributed by atoms with van der Waals surface area (Å²) >= 11 is 1.78. The Morgan fingerprint density at radius 2 is 1.40 bits per heavy atom. The molecule has 0 heterocycles. The van der Waals surface area contributed by atoms with Crippen LogP contribution in [0.2, 0.25) is 0 Å². The van der Waals surface area contributed by atoms with Gasteiger partial charge in [0.25, 0.3) is 0 Å². The Bertz CT molecular complexity index is 30.6. The van der Waals surface area contributed by atoms with Crippen LogP contribution in [0.25, 0.3) is 0 Å². The maximum Gasteiger partial charge on any atom is 0 e. The molecule has 0 aliphatic carbocycles. The molecule has 0 atom stereocenters. The normalized spacial score (nSPS) is 7.00. The number of hydrogen-bond donors (Lipinski definition) is 0. The third kappa shape index (κ3) is 25.8. The predicted octanol–water partition coefficient (Wildman–Crippen LogP) is 0.919. The summed E-state index contributed by atoms with van der Waals surface area (Å²) in [5.74, 6) is 0. The van der Waals surface area contributed by atoms with Gasteiger partial charge in [-0.1, -0.05) is 0 Å². The Balaban J connectivity index is 0. The smallest absolute Gasteiger partial charge is 0 e. The van der Waals surface area contributed by atoms with Gasteiger partial charge in [0.1, 0.15) is 0 Å². The van der Waals surface area contributed by atoms with Crippen molar-refractivity contribution < 1.29 is 39.9 Å². The molecular formula is C2H7PW2. The van der Waals surface area contributed by atoms with Crippen LogP contribution in [-0.4, -0.2) is 13.3 Å². The summed E-state index contributed by atoms with van der Waals surface area (Å²) in [5.41, 5.74) is 0.204. The molecule has 0 radical (unpaired) electrons. The first-order chi connectivity index (χ1) is 1.73. The van der Waals surface area contributed by atoms with E-state index in [4.69, 9.17) is 0 Å². The van der Waals surface area contributed by atoms with Gasteiger partial charge in [0, 0.05) is 21.1 Å². The van der Waals surface area contributed by atoms with Gasteiger partial charge in [-0.3, -0.25) is 0 Å². The van der Waals surface area contributed by atoms with Gasteiger partial charge in [-0.2, -0.15) is 0 Å². The first kappa shape index (κ1) is 9.93. The van der Waals surface area contributed by atoms with Gasteiger partial charge in [-0.05, 0) is 0 Å². The van der Waals surface area contributed by atoms with E-state index in [2.05, 4.69) is 13.3 Å². The van der Waals surface area contributed by atoms with E-state index in [1.807, 2.05) is 0 Å². The van der Waals surface area contributed by atoms with Crippen molar-refractivity contribution in [2.75, 3.05) is 13.3 Å². The summed E-state index contributed by atoms with van der Waals surface area (Å²) in [6.07, 6.45) is 0. The summed E-state index contributed by atoms with van der Waals surface area (Å²) in [5, 5.41) is 0. The molecule has 3 heteroatoms. The van der Waals surface area contributed by atoms with Crippen LogP contribution >= 0.6 is 5.56 Å². The van der Waals surface area contributed by atoms with Crippen LogP contribution in [-0.2, 0) is 39.9 Å². The fraction of sp³-hybridized carbons (Fsp3) is 1.00. The summed E-state index contributed by atoms with van der Waals surface area (Å²) in [7, 11) is 0. The Kier molecular flexibility index (Phi) is 11.5. The van der Waals surface area contributed by atoms with E-state index < -0.39 is 0 Å². The second kappa shape index (κ2) is 5.81. The topological polar surface area (TPSA) is 0 Å². The van der Waals surface area contributed by atoms with Crippen molar-refractivity contribution in [3.63, 3.8) is 0 Å². The molecule has 5 heavy (non-hydrogen) atoms. The van der Waals surface area contributed by atoms with Crippen molar-refractivity contribution in [1.82, 2.24) is 0 Å². The molecule has 0 aromatic rings. The third-order valence-electron chi connectivity index (χ3n) is 0. The first-order valence-corrected chi connectivity index (χ1v) is 8.01. The van der Waals surface area contributed by atoms with Gasteiger partial charge >= 0.3 is 37.7 Å². The quantitative estimate of drug-likeness (QED) is 0.503. The van der Waals surface area contributed by atoms with Gasteiger partial charge in [0.2, 0.25) is 0 Å². The zero-order chi connectivity index (χ0) is 3.58. The van der Waals surface area contributed by atoms with Crippen molar-refractivity contribution in [2.45, 2.75) is 0 Å². The van der Waals surface area contributed by atoms with Gasteiger partial charge in [-0.25, -0.2) is 0 Å². The summed E-state index contributed by atoms with van der Waals surface area (Å²) in [6.45, 7) is 4.61. The minimum atomic E-state index is 0. The van der Waals surface area contributed by atoms with Crippen LogP contribution in [0.15, 0.2) is 0 Å². The molecule has 0 aromatic carbocycles. The SMILES string of the molecule is C[PH](C)=[W].[W]. The molecule has 0 N–H and O–H groups in total. The average molecular weight is 430 g/mol. The van der Waals surface area contributed by atoms with Crippen LogP contribution in [0, 0.1) is 0 Å². The van der Waals surface area contributed by atoms with E-state index in [0.29, 0.717) is 0 Å². The van der Waals surface area contributed by atoms with Gasteiger partial charge in [0.15, 0.2) is 0 Å². The molecule has 0 rings (SSSR count). The zero-order valence-electron chi connectivity index (χ0n) is 3.32. The molecule has 0 nitrogen and oxygen atoms in total. The minimum absolute atomic E-state index is 0. The summed E-state index contributed by atoms with van der Waals surface area (Å²) in [6, 6.07) is 0. The Morgan fingerprint density at radius 1 is 1.40 bits per heavy atom. The molecule has 0 aliphatic heterocycles. The maximum absolute atomic E-state index is 2.31. The molecule has 0 saturated heterocycles. The summed E-state index contributed by atoms with van der Waals surface area (Å²) < 4.78 is 0. The molecule has 0 aromatic heterocycles. The number of hydrogen-bond acceptors (Lipinski definition) is 0. The molecular weight excluding hydrogens is 423 g/mol. The van der Waals surface area contributed by atoms with E-state index in [-0.39, 0.29) is 26.6 Å². The maximum atomic E-state index is 2.31. The van der Waals surface area contributed by atoms with E-state index >= 15 is 0 Å². The van der Waals surface area contributed by atoms with Crippen molar-refractivity contribution in [1.29, 1.82) is 0 Å². The Hall–Kier alpha value is 1.81. The monoisotopic (exact) mass is 430 g/mol. The van der Waals surface area contributed by atoms with Crippen molar-refractivity contribution in [3.8, 4) is 0 Å². The van der Waals surface area contributed by atoms with E-state index in [1.54, 1.807) is 18.8 Å². The molecule has 32 valence electrons. The second-order valence-corrected chi connectivity index (χ2v) is 11.5. The fourth-order valence-electron chi connectivity index (χ4n) is 0. The van der Waals surface area contributed by atoms with Gasteiger partial charge in [-0.15, -0.1) is 0 Å². The molecule has 0 aliphatic rings. The molecule has 0 amide bonds. The standard InChI is InChI=1S/C2H7P.2W/c1-3-2;;/h3H,1-2H3;;. The van der Waals surface area contributed by atoms with Crippen molar-refractivity contribution in [2.24, 2.45) is 0 Å². The first-order valence-electron chi connectivity index (χ1n) is 1.20. The average Bonchev–Trinajstić information content (AvgIpc) is 0.811. The van der Waals surface area contributed by atoms with Crippen LogP contribution in [0.5, 0.6) is 0 Å². The van der Waals surface area contributed by atoms with E-state index in [9.17, 15) is 0 Å². The Morgan fingerprint density at radius 3 is 1.40 bits per heavy atom. The van der Waals surface area contributed by atoms with Gasteiger partial charge in [0.05, 0.1) is 0 Å². The predicted molar refractivity (Wildman–Crippen MR) is 20.2 cm³/mol. The molecule has 0 fully saturated rings. The van der Waals surface area contributed by atoms with Crippen LogP contribution in [0.3, 0.4) is 0 Å². The van der Waals surface area contributed by atoms with E-state index in [0.717, 1.165) is 0 Å². The summed E-state index contributed by atoms with van der Waals surface area (Å²) in [4.78, 5) is 0. The van der Waals surface area contributed by atoms with E-state index in [1.165, 1.54) is 0 Å². The van der Waals surface area contributed by atoms with Gasteiger partial charge < -0.3 is 0 Å². The van der Waals surface area contributed by atoms with Crippen molar-refractivity contribution >= 4 is 5.56 Å². The largest absolute Gasteiger partial charge is 0 e. The second-order valence-electron chi connectivity index (χ2n) is 0.908. The minimum Gasteiger partial charge on any atom is 0 e.